The molecule has 0 bridgehead atoms. The monoisotopic (exact) mass is 258 g/mol. The molecule has 0 saturated heterocycles. The first-order chi connectivity index (χ1) is 9.16. The Kier molecular flexibility index (Phi) is 4.10. The summed E-state index contributed by atoms with van der Waals surface area (Å²) in [4.78, 5) is 15.4. The van der Waals surface area contributed by atoms with E-state index in [1.165, 1.54) is 12.1 Å². The van der Waals surface area contributed by atoms with E-state index in [1.807, 2.05) is 12.1 Å². The van der Waals surface area contributed by atoms with E-state index in [0.717, 1.165) is 5.69 Å². The van der Waals surface area contributed by atoms with Crippen LogP contribution in [-0.4, -0.2) is 21.2 Å². The summed E-state index contributed by atoms with van der Waals surface area (Å²) in [6.45, 7) is 0.360. The maximum absolute atomic E-state index is 11.3. The first-order valence-corrected chi connectivity index (χ1v) is 5.82. The zero-order valence-corrected chi connectivity index (χ0v) is 10.2. The number of benzene rings is 1. The lowest BCUT2D eigenvalue weighted by atomic mass is 10.1. The van der Waals surface area contributed by atoms with Gasteiger partial charge in [-0.05, 0) is 29.8 Å². The Balaban J connectivity index is 2.09. The molecule has 0 amide bonds. The van der Waals surface area contributed by atoms with E-state index in [9.17, 15) is 15.0 Å². The molecule has 2 aromatic rings. The first kappa shape index (κ1) is 13.0. The second-order valence-electron chi connectivity index (χ2n) is 4.06. The fourth-order valence-corrected chi connectivity index (χ4v) is 1.72. The number of phenolic OH excluding ortho intramolecular Hbond substituents is 1. The molecule has 0 spiro atoms. The number of hydrogen-bond acceptors (Lipinski definition) is 4. The van der Waals surface area contributed by atoms with Crippen LogP contribution < -0.4 is 5.32 Å². The smallest absolute Gasteiger partial charge is 0.325 e. The summed E-state index contributed by atoms with van der Waals surface area (Å²) >= 11 is 0. The quantitative estimate of drug-likeness (QED) is 0.760. The van der Waals surface area contributed by atoms with Gasteiger partial charge in [0, 0.05) is 12.7 Å². The number of rotatable bonds is 5. The largest absolute Gasteiger partial charge is 0.508 e. The Labute approximate surface area is 110 Å². The molecule has 1 atom stereocenters. The molecule has 0 aliphatic rings. The fraction of sp³-hybridized carbons (Fsp3) is 0.143. The molecule has 1 aromatic carbocycles. The van der Waals surface area contributed by atoms with Gasteiger partial charge in [0.15, 0.2) is 0 Å². The number of pyridine rings is 1. The highest BCUT2D eigenvalue weighted by molar-refractivity contribution is 5.75. The molecule has 3 N–H and O–H groups in total. The Morgan fingerprint density at radius 1 is 1.21 bits per heavy atom. The number of aliphatic carboxylic acids is 1. The van der Waals surface area contributed by atoms with Gasteiger partial charge in [-0.3, -0.25) is 15.1 Å². The van der Waals surface area contributed by atoms with Crippen molar-refractivity contribution in [1.82, 2.24) is 10.3 Å². The van der Waals surface area contributed by atoms with Crippen molar-refractivity contribution in [3.8, 4) is 5.75 Å². The van der Waals surface area contributed by atoms with Gasteiger partial charge in [0.05, 0.1) is 5.69 Å². The van der Waals surface area contributed by atoms with Crippen LogP contribution in [0.1, 0.15) is 17.3 Å². The molecular weight excluding hydrogens is 244 g/mol. The lowest BCUT2D eigenvalue weighted by Crippen LogP contribution is -2.28. The zero-order valence-electron chi connectivity index (χ0n) is 10.2. The van der Waals surface area contributed by atoms with Crippen LogP contribution in [0.2, 0.25) is 0 Å². The van der Waals surface area contributed by atoms with E-state index in [2.05, 4.69) is 10.3 Å². The van der Waals surface area contributed by atoms with Crippen LogP contribution in [0.15, 0.2) is 48.7 Å². The van der Waals surface area contributed by atoms with Crippen molar-refractivity contribution >= 4 is 5.97 Å². The van der Waals surface area contributed by atoms with Gasteiger partial charge in [-0.25, -0.2) is 0 Å². The van der Waals surface area contributed by atoms with Crippen molar-refractivity contribution in [3.63, 3.8) is 0 Å². The third kappa shape index (κ3) is 3.53. The molecule has 0 fully saturated rings. The van der Waals surface area contributed by atoms with E-state index in [1.54, 1.807) is 24.4 Å². The summed E-state index contributed by atoms with van der Waals surface area (Å²) in [5.41, 5.74) is 1.36. The molecule has 5 nitrogen and oxygen atoms in total. The van der Waals surface area contributed by atoms with E-state index < -0.39 is 12.0 Å². The number of aromatic nitrogens is 1. The molecule has 0 aliphatic carbocycles. The van der Waals surface area contributed by atoms with Crippen molar-refractivity contribution in [2.45, 2.75) is 12.6 Å². The standard InChI is InChI=1S/C14H14N2O3/c17-12-6-4-10(5-7-12)13(14(18)19)16-9-11-3-1-2-8-15-11/h1-8,13,16-17H,9H2,(H,18,19). The molecule has 98 valence electrons. The lowest BCUT2D eigenvalue weighted by Gasteiger charge is -2.14. The Morgan fingerprint density at radius 3 is 2.53 bits per heavy atom. The summed E-state index contributed by atoms with van der Waals surface area (Å²) in [5.74, 6) is -0.862. The average molecular weight is 258 g/mol. The van der Waals surface area contributed by atoms with Crippen molar-refractivity contribution in [2.24, 2.45) is 0 Å². The van der Waals surface area contributed by atoms with Crippen molar-refractivity contribution in [1.29, 1.82) is 0 Å². The van der Waals surface area contributed by atoms with Crippen molar-refractivity contribution < 1.29 is 15.0 Å². The third-order valence-corrected chi connectivity index (χ3v) is 2.69. The molecule has 1 heterocycles. The molecule has 0 radical (unpaired) electrons. The zero-order chi connectivity index (χ0) is 13.7. The number of nitrogens with one attached hydrogen (secondary N) is 1. The Bertz CT molecular complexity index is 540. The second kappa shape index (κ2) is 5.97. The maximum Gasteiger partial charge on any atom is 0.325 e. The predicted molar refractivity (Wildman–Crippen MR) is 69.6 cm³/mol. The molecule has 1 unspecified atom stereocenters. The summed E-state index contributed by atoms with van der Waals surface area (Å²) < 4.78 is 0. The first-order valence-electron chi connectivity index (χ1n) is 5.82. The molecule has 5 heteroatoms. The van der Waals surface area contributed by atoms with Gasteiger partial charge >= 0.3 is 5.97 Å². The van der Waals surface area contributed by atoms with Crippen LogP contribution in [0, 0.1) is 0 Å². The summed E-state index contributed by atoms with van der Waals surface area (Å²) in [5, 5.41) is 21.4. The van der Waals surface area contributed by atoms with E-state index in [-0.39, 0.29) is 5.75 Å². The molecule has 0 aliphatic heterocycles. The topological polar surface area (TPSA) is 82.5 Å². The SMILES string of the molecule is O=C(O)C(NCc1ccccn1)c1ccc(O)cc1. The Hall–Kier alpha value is -2.40. The summed E-state index contributed by atoms with van der Waals surface area (Å²) in [6.07, 6.45) is 1.66. The highest BCUT2D eigenvalue weighted by Gasteiger charge is 2.19. The normalized spacial score (nSPS) is 12.0. The number of hydrogen-bond donors (Lipinski definition) is 3. The van der Waals surface area contributed by atoms with Crippen LogP contribution in [-0.2, 0) is 11.3 Å². The minimum atomic E-state index is -0.971. The van der Waals surface area contributed by atoms with Gasteiger partial charge in [-0.15, -0.1) is 0 Å². The van der Waals surface area contributed by atoms with Gasteiger partial charge in [-0.1, -0.05) is 18.2 Å². The summed E-state index contributed by atoms with van der Waals surface area (Å²) in [7, 11) is 0. The van der Waals surface area contributed by atoms with Gasteiger partial charge in [0.1, 0.15) is 11.8 Å². The third-order valence-electron chi connectivity index (χ3n) is 2.69. The predicted octanol–water partition coefficient (Wildman–Crippen LogP) is 1.70. The van der Waals surface area contributed by atoms with Gasteiger partial charge in [0.2, 0.25) is 0 Å². The molecule has 1 aromatic heterocycles. The number of aromatic hydroxyl groups is 1. The van der Waals surface area contributed by atoms with Gasteiger partial charge < -0.3 is 10.2 Å². The van der Waals surface area contributed by atoms with Crippen LogP contribution in [0.4, 0.5) is 0 Å². The van der Waals surface area contributed by atoms with Gasteiger partial charge in [-0.2, -0.15) is 0 Å². The van der Waals surface area contributed by atoms with Crippen LogP contribution in [0.3, 0.4) is 0 Å². The second-order valence-corrected chi connectivity index (χ2v) is 4.06. The average Bonchev–Trinajstić information content (AvgIpc) is 2.42. The minimum Gasteiger partial charge on any atom is -0.508 e. The fourth-order valence-electron chi connectivity index (χ4n) is 1.72. The van der Waals surface area contributed by atoms with E-state index in [0.29, 0.717) is 12.1 Å². The molecular formula is C14H14N2O3. The number of nitrogens with zero attached hydrogens (tertiary/aromatic N) is 1. The number of carboxylic acid groups (broad SMARTS) is 1. The maximum atomic E-state index is 11.3. The molecule has 0 saturated carbocycles. The van der Waals surface area contributed by atoms with Crippen LogP contribution in [0.5, 0.6) is 5.75 Å². The summed E-state index contributed by atoms with van der Waals surface area (Å²) in [6, 6.07) is 10.7. The van der Waals surface area contributed by atoms with E-state index >= 15 is 0 Å². The molecule has 19 heavy (non-hydrogen) atoms. The minimum absolute atomic E-state index is 0.109. The number of carbonyl (C=O) groups is 1. The highest BCUT2D eigenvalue weighted by Crippen LogP contribution is 2.17. The van der Waals surface area contributed by atoms with Crippen LogP contribution >= 0.6 is 0 Å². The van der Waals surface area contributed by atoms with Crippen molar-refractivity contribution in [3.05, 3.63) is 59.9 Å². The Morgan fingerprint density at radius 2 is 1.95 bits per heavy atom. The molecule has 2 rings (SSSR count). The van der Waals surface area contributed by atoms with Crippen molar-refractivity contribution in [2.75, 3.05) is 0 Å². The highest BCUT2D eigenvalue weighted by atomic mass is 16.4. The lowest BCUT2D eigenvalue weighted by molar-refractivity contribution is -0.139. The van der Waals surface area contributed by atoms with E-state index in [4.69, 9.17) is 0 Å². The number of phenols is 1. The number of carboxylic acids is 1. The van der Waals surface area contributed by atoms with Gasteiger partial charge in [0.25, 0.3) is 0 Å². The van der Waals surface area contributed by atoms with Crippen LogP contribution in [0.25, 0.3) is 0 Å².